The molecule has 1 aliphatic heterocycles. The van der Waals surface area contributed by atoms with E-state index in [1.807, 2.05) is 61.2 Å². The molecule has 0 aliphatic carbocycles. The van der Waals surface area contributed by atoms with Crippen molar-refractivity contribution in [2.24, 2.45) is 0 Å². The van der Waals surface area contributed by atoms with Gasteiger partial charge in [0.05, 0.1) is 5.75 Å². The van der Waals surface area contributed by atoms with Gasteiger partial charge in [-0.15, -0.1) is 22.0 Å². The van der Waals surface area contributed by atoms with E-state index >= 15 is 0 Å². The molecule has 2 aromatic carbocycles. The highest BCUT2D eigenvalue weighted by molar-refractivity contribution is 7.99. The first-order valence-corrected chi connectivity index (χ1v) is 12.1. The van der Waals surface area contributed by atoms with Crippen molar-refractivity contribution in [3.8, 4) is 0 Å². The molecule has 160 valence electrons. The number of hydrogen-bond donors (Lipinski definition) is 1. The molecule has 1 unspecified atom stereocenters. The maximum Gasteiger partial charge on any atom is 0.236 e. The lowest BCUT2D eigenvalue weighted by Gasteiger charge is -2.17. The van der Waals surface area contributed by atoms with E-state index in [-0.39, 0.29) is 17.7 Å². The van der Waals surface area contributed by atoms with Crippen LogP contribution in [0, 0.1) is 13.8 Å². The molecule has 0 spiro atoms. The van der Waals surface area contributed by atoms with Gasteiger partial charge in [0.15, 0.2) is 0 Å². The van der Waals surface area contributed by atoms with Gasteiger partial charge in [0, 0.05) is 30.3 Å². The number of amides is 2. The van der Waals surface area contributed by atoms with Crippen LogP contribution in [0.25, 0.3) is 0 Å². The molecule has 0 bridgehead atoms. The molecule has 0 saturated carbocycles. The predicted molar refractivity (Wildman–Crippen MR) is 127 cm³/mol. The van der Waals surface area contributed by atoms with Crippen LogP contribution in [0.5, 0.6) is 0 Å². The number of aryl methyl sites for hydroxylation is 2. The molecule has 8 heteroatoms. The maximum absolute atomic E-state index is 12.6. The van der Waals surface area contributed by atoms with Crippen LogP contribution < -0.4 is 10.2 Å². The summed E-state index contributed by atoms with van der Waals surface area (Å²) in [6.07, 6.45) is 0.405. The van der Waals surface area contributed by atoms with Crippen molar-refractivity contribution in [1.29, 1.82) is 0 Å². The Hall–Kier alpha value is -2.71. The van der Waals surface area contributed by atoms with Gasteiger partial charge >= 0.3 is 0 Å². The van der Waals surface area contributed by atoms with Crippen molar-refractivity contribution >= 4 is 45.7 Å². The smallest absolute Gasteiger partial charge is 0.236 e. The van der Waals surface area contributed by atoms with Crippen molar-refractivity contribution in [2.75, 3.05) is 22.5 Å². The Kier molecular flexibility index (Phi) is 6.67. The average molecular weight is 453 g/mol. The van der Waals surface area contributed by atoms with Crippen LogP contribution in [0.2, 0.25) is 0 Å². The molecule has 1 atom stereocenters. The Labute approximate surface area is 190 Å². The number of nitrogens with one attached hydrogen (secondary N) is 1. The number of thioether (sulfide) groups is 1. The molecule has 1 saturated heterocycles. The monoisotopic (exact) mass is 452 g/mol. The standard InChI is InChI=1S/C23H24N4O2S2/c1-15-8-16(2)10-19(9-15)27-12-18(11-21(27)29)22-25-26-23(31-22)24-20(28)14-30-13-17-6-4-3-5-7-17/h3-10,18H,11-14H2,1-2H3,(H,24,26,28). The lowest BCUT2D eigenvalue weighted by molar-refractivity contribution is -0.117. The van der Waals surface area contributed by atoms with Gasteiger partial charge < -0.3 is 4.90 Å². The van der Waals surface area contributed by atoms with Crippen molar-refractivity contribution < 1.29 is 9.59 Å². The average Bonchev–Trinajstić information content (AvgIpc) is 3.34. The van der Waals surface area contributed by atoms with Gasteiger partial charge in [-0.3, -0.25) is 14.9 Å². The summed E-state index contributed by atoms with van der Waals surface area (Å²) in [5.74, 6) is 1.13. The Morgan fingerprint density at radius 3 is 2.65 bits per heavy atom. The fourth-order valence-electron chi connectivity index (χ4n) is 3.67. The minimum atomic E-state index is -0.0945. The van der Waals surface area contributed by atoms with Crippen LogP contribution in [0.3, 0.4) is 0 Å². The summed E-state index contributed by atoms with van der Waals surface area (Å²) in [5, 5.41) is 12.5. The molecule has 4 rings (SSSR count). The molecule has 2 amide bonds. The summed E-state index contributed by atoms with van der Waals surface area (Å²) in [5.41, 5.74) is 4.39. The van der Waals surface area contributed by atoms with E-state index in [0.717, 1.165) is 27.6 Å². The van der Waals surface area contributed by atoms with Crippen molar-refractivity contribution in [3.63, 3.8) is 0 Å². The lowest BCUT2D eigenvalue weighted by Crippen LogP contribution is -2.24. The molecule has 6 nitrogen and oxygen atoms in total. The van der Waals surface area contributed by atoms with Crippen molar-refractivity contribution in [1.82, 2.24) is 10.2 Å². The number of carbonyl (C=O) groups excluding carboxylic acids is 2. The molecule has 3 aromatic rings. The first kappa shape index (κ1) is 21.5. The molecule has 0 radical (unpaired) electrons. The Bertz CT molecular complexity index is 1060. The quantitative estimate of drug-likeness (QED) is 0.569. The summed E-state index contributed by atoms with van der Waals surface area (Å²) < 4.78 is 0. The Morgan fingerprint density at radius 1 is 1.16 bits per heavy atom. The number of benzene rings is 2. The van der Waals surface area contributed by atoms with E-state index in [0.29, 0.717) is 23.8 Å². The van der Waals surface area contributed by atoms with Gasteiger partial charge in [0.25, 0.3) is 0 Å². The van der Waals surface area contributed by atoms with Gasteiger partial charge in [0.1, 0.15) is 5.01 Å². The number of anilines is 2. The highest BCUT2D eigenvalue weighted by atomic mass is 32.2. The fourth-order valence-corrected chi connectivity index (χ4v) is 5.31. The highest BCUT2D eigenvalue weighted by Crippen LogP contribution is 2.34. The Morgan fingerprint density at radius 2 is 1.90 bits per heavy atom. The third-order valence-corrected chi connectivity index (χ3v) is 7.03. The number of nitrogens with zero attached hydrogens (tertiary/aromatic N) is 3. The number of rotatable bonds is 7. The topological polar surface area (TPSA) is 75.2 Å². The summed E-state index contributed by atoms with van der Waals surface area (Å²) in [6, 6.07) is 16.2. The van der Waals surface area contributed by atoms with Gasteiger partial charge in [-0.25, -0.2) is 0 Å². The second-order valence-corrected chi connectivity index (χ2v) is 9.72. The van der Waals surface area contributed by atoms with Crippen LogP contribution in [0.1, 0.15) is 34.0 Å². The zero-order chi connectivity index (χ0) is 21.8. The second kappa shape index (κ2) is 9.62. The zero-order valence-electron chi connectivity index (χ0n) is 17.5. The molecule has 1 aliphatic rings. The molecular weight excluding hydrogens is 428 g/mol. The predicted octanol–water partition coefficient (Wildman–Crippen LogP) is 4.55. The minimum absolute atomic E-state index is 0.0103. The number of aromatic nitrogens is 2. The van der Waals surface area contributed by atoms with E-state index in [4.69, 9.17) is 0 Å². The van der Waals surface area contributed by atoms with Gasteiger partial charge in [0.2, 0.25) is 16.9 Å². The molecular formula is C23H24N4O2S2. The Balaban J connectivity index is 1.32. The maximum atomic E-state index is 12.6. The molecule has 1 fully saturated rings. The highest BCUT2D eigenvalue weighted by Gasteiger charge is 2.34. The van der Waals surface area contributed by atoms with E-state index in [9.17, 15) is 9.59 Å². The molecule has 31 heavy (non-hydrogen) atoms. The zero-order valence-corrected chi connectivity index (χ0v) is 19.1. The van der Waals surface area contributed by atoms with Crippen molar-refractivity contribution in [3.05, 3.63) is 70.2 Å². The SMILES string of the molecule is Cc1cc(C)cc(N2CC(c3nnc(NC(=O)CSCc4ccccc4)s3)CC2=O)c1. The third-order valence-electron chi connectivity index (χ3n) is 5.02. The fraction of sp³-hybridized carbons (Fsp3) is 0.304. The third kappa shape index (κ3) is 5.51. The summed E-state index contributed by atoms with van der Waals surface area (Å²) in [6.45, 7) is 4.65. The number of hydrogen-bond acceptors (Lipinski definition) is 6. The lowest BCUT2D eigenvalue weighted by atomic mass is 10.1. The van der Waals surface area contributed by atoms with E-state index in [1.165, 1.54) is 16.9 Å². The van der Waals surface area contributed by atoms with E-state index in [1.54, 1.807) is 11.8 Å². The van der Waals surface area contributed by atoms with E-state index in [2.05, 4.69) is 21.6 Å². The summed E-state index contributed by atoms with van der Waals surface area (Å²) in [4.78, 5) is 26.7. The first-order chi connectivity index (χ1) is 15.0. The molecule has 1 aromatic heterocycles. The normalized spacial score (nSPS) is 16.0. The second-order valence-electron chi connectivity index (χ2n) is 7.72. The van der Waals surface area contributed by atoms with Crippen LogP contribution in [0.15, 0.2) is 48.5 Å². The van der Waals surface area contributed by atoms with Crippen LogP contribution in [0.4, 0.5) is 10.8 Å². The van der Waals surface area contributed by atoms with Gasteiger partial charge in [-0.05, 0) is 42.7 Å². The van der Waals surface area contributed by atoms with Crippen molar-refractivity contribution in [2.45, 2.75) is 31.9 Å². The molecule has 2 heterocycles. The summed E-state index contributed by atoms with van der Waals surface area (Å²) >= 11 is 2.91. The van der Waals surface area contributed by atoms with Crippen LogP contribution in [-0.2, 0) is 15.3 Å². The summed E-state index contributed by atoms with van der Waals surface area (Å²) in [7, 11) is 0. The largest absolute Gasteiger partial charge is 0.312 e. The van der Waals surface area contributed by atoms with Crippen LogP contribution in [-0.4, -0.2) is 34.3 Å². The van der Waals surface area contributed by atoms with Gasteiger partial charge in [-0.2, -0.15) is 0 Å². The minimum Gasteiger partial charge on any atom is -0.312 e. The van der Waals surface area contributed by atoms with E-state index < -0.39 is 0 Å². The first-order valence-electron chi connectivity index (χ1n) is 10.1. The van der Waals surface area contributed by atoms with Gasteiger partial charge in [-0.1, -0.05) is 47.7 Å². The molecule has 1 N–H and O–H groups in total. The van der Waals surface area contributed by atoms with Crippen LogP contribution >= 0.6 is 23.1 Å². The number of carbonyl (C=O) groups is 2.